The van der Waals surface area contributed by atoms with E-state index in [0.29, 0.717) is 11.4 Å². The van der Waals surface area contributed by atoms with Crippen LogP contribution in [0.2, 0.25) is 0 Å². The minimum absolute atomic E-state index is 0.236. The highest BCUT2D eigenvalue weighted by atomic mass is 79.9. The molecule has 0 atom stereocenters. The van der Waals surface area contributed by atoms with Crippen LogP contribution in [0.5, 0.6) is 11.5 Å². The lowest BCUT2D eigenvalue weighted by Crippen LogP contribution is -1.99. The van der Waals surface area contributed by atoms with Crippen LogP contribution in [0, 0.1) is 13.8 Å². The van der Waals surface area contributed by atoms with Crippen molar-refractivity contribution in [2.45, 2.75) is 18.7 Å². The summed E-state index contributed by atoms with van der Waals surface area (Å²) < 4.78 is 14.0. The summed E-state index contributed by atoms with van der Waals surface area (Å²) in [6.45, 7) is 4.41. The minimum Gasteiger partial charge on any atom is -0.454 e. The Morgan fingerprint density at radius 1 is 1.11 bits per heavy atom. The molecule has 2 aromatic carbocycles. The number of aromatic nitrogens is 4. The summed E-state index contributed by atoms with van der Waals surface area (Å²) in [6.07, 6.45) is 1.75. The predicted molar refractivity (Wildman–Crippen MR) is 142 cm³/mol. The van der Waals surface area contributed by atoms with E-state index >= 15 is 0 Å². The topological polar surface area (TPSA) is 103 Å². The number of hydrogen-bond donors (Lipinski definition) is 3. The number of aromatic amines is 1. The smallest absolute Gasteiger partial charge is 0.231 e. The summed E-state index contributed by atoms with van der Waals surface area (Å²) in [5.41, 5.74) is 7.38. The van der Waals surface area contributed by atoms with E-state index in [1.165, 1.54) is 11.9 Å². The van der Waals surface area contributed by atoms with E-state index < -0.39 is 0 Å². The van der Waals surface area contributed by atoms with Crippen LogP contribution in [-0.2, 0) is 0 Å². The van der Waals surface area contributed by atoms with Gasteiger partial charge in [0.25, 0.3) is 0 Å². The second-order valence-corrected chi connectivity index (χ2v) is 9.76. The van der Waals surface area contributed by atoms with E-state index in [0.717, 1.165) is 60.5 Å². The van der Waals surface area contributed by atoms with Crippen LogP contribution >= 0.6 is 27.9 Å². The van der Waals surface area contributed by atoms with Gasteiger partial charge in [0.1, 0.15) is 11.3 Å². The van der Waals surface area contributed by atoms with Crippen molar-refractivity contribution < 1.29 is 9.47 Å². The van der Waals surface area contributed by atoms with E-state index in [2.05, 4.69) is 67.8 Å². The van der Waals surface area contributed by atoms with Crippen molar-refractivity contribution in [2.24, 2.45) is 5.14 Å². The Morgan fingerprint density at radius 2 is 1.97 bits per heavy atom. The summed E-state index contributed by atoms with van der Waals surface area (Å²) in [4.78, 5) is 13.8. The van der Waals surface area contributed by atoms with Crippen molar-refractivity contribution in [3.05, 3.63) is 70.6 Å². The Bertz CT molecular complexity index is 1590. The highest BCUT2D eigenvalue weighted by molar-refractivity contribution is 9.10. The van der Waals surface area contributed by atoms with Gasteiger partial charge in [0.2, 0.25) is 6.79 Å². The molecular formula is C25H21BrN6O2S. The van der Waals surface area contributed by atoms with Crippen molar-refractivity contribution >= 4 is 50.4 Å². The van der Waals surface area contributed by atoms with Gasteiger partial charge in [-0.3, -0.25) is 5.14 Å². The first kappa shape index (κ1) is 22.0. The van der Waals surface area contributed by atoms with Gasteiger partial charge in [-0.2, -0.15) is 0 Å². The van der Waals surface area contributed by atoms with Crippen molar-refractivity contribution in [1.82, 2.24) is 19.5 Å². The van der Waals surface area contributed by atoms with Gasteiger partial charge in [-0.15, -0.1) is 0 Å². The average molecular weight is 549 g/mol. The van der Waals surface area contributed by atoms with Gasteiger partial charge < -0.3 is 24.3 Å². The molecule has 1 aliphatic heterocycles. The molecule has 0 saturated heterocycles. The number of nitrogens with two attached hydrogens (primary N) is 1. The van der Waals surface area contributed by atoms with Crippen molar-refractivity contribution in [1.29, 1.82) is 0 Å². The quantitative estimate of drug-likeness (QED) is 0.223. The lowest BCUT2D eigenvalue weighted by Gasteiger charge is -2.11. The number of imidazole rings is 1. The fourth-order valence-corrected chi connectivity index (χ4v) is 5.14. The van der Waals surface area contributed by atoms with Crippen LogP contribution in [-0.4, -0.2) is 26.3 Å². The minimum atomic E-state index is 0.236. The van der Waals surface area contributed by atoms with Gasteiger partial charge in [0, 0.05) is 45.5 Å². The van der Waals surface area contributed by atoms with Gasteiger partial charge in [-0.1, -0.05) is 6.07 Å². The molecule has 0 unspecified atom stereocenters. The maximum Gasteiger partial charge on any atom is 0.231 e. The lowest BCUT2D eigenvalue weighted by atomic mass is 10.2. The second-order valence-electron chi connectivity index (χ2n) is 8.19. The van der Waals surface area contributed by atoms with Crippen molar-refractivity contribution in [2.75, 3.05) is 12.1 Å². The Morgan fingerprint density at radius 3 is 2.83 bits per heavy atom. The van der Waals surface area contributed by atoms with E-state index in [-0.39, 0.29) is 6.79 Å². The number of pyridine rings is 1. The number of benzene rings is 2. The molecule has 176 valence electrons. The van der Waals surface area contributed by atoms with E-state index in [9.17, 15) is 0 Å². The molecule has 0 fully saturated rings. The molecule has 5 aromatic rings. The fourth-order valence-electron chi connectivity index (χ4n) is 4.40. The molecule has 4 heterocycles. The highest BCUT2D eigenvalue weighted by Crippen LogP contribution is 2.38. The number of aryl methyl sites for hydroxylation is 1. The molecule has 0 amide bonds. The summed E-state index contributed by atoms with van der Waals surface area (Å²) in [6, 6.07) is 16.1. The number of ether oxygens (including phenoxy) is 2. The number of fused-ring (bicyclic) bond motifs is 2. The van der Waals surface area contributed by atoms with Crippen LogP contribution in [0.3, 0.4) is 0 Å². The number of nitrogens with zero attached hydrogens (tertiary/aromatic N) is 3. The van der Waals surface area contributed by atoms with E-state index in [1.54, 1.807) is 6.20 Å². The number of hydrogen-bond acceptors (Lipinski definition) is 7. The van der Waals surface area contributed by atoms with Crippen LogP contribution in [0.1, 0.15) is 11.4 Å². The van der Waals surface area contributed by atoms with E-state index in [1.807, 2.05) is 30.3 Å². The normalized spacial score (nSPS) is 12.5. The Hall–Kier alpha value is -3.47. The van der Waals surface area contributed by atoms with Gasteiger partial charge in [0.05, 0.1) is 10.2 Å². The standard InChI is InChI=1S/C25H21BrN6O2S/c1-13-8-18(14(2)32(13)16-4-3-5-17(10-16)35-27)24-30-23-22(19(26)11-28-25(23)31-24)29-15-6-7-20-21(9-15)34-12-33-20/h3-11H,12,27H2,1-2H3,(H2,28,29,30,31). The number of nitrogens with one attached hydrogen (secondary N) is 2. The molecule has 35 heavy (non-hydrogen) atoms. The molecule has 0 radical (unpaired) electrons. The molecule has 10 heteroatoms. The first-order valence-electron chi connectivity index (χ1n) is 10.9. The Kier molecular flexibility index (Phi) is 5.43. The fraction of sp³-hybridized carbons (Fsp3) is 0.120. The molecule has 0 aliphatic carbocycles. The lowest BCUT2D eigenvalue weighted by molar-refractivity contribution is 0.174. The summed E-state index contributed by atoms with van der Waals surface area (Å²) >= 11 is 4.87. The van der Waals surface area contributed by atoms with Gasteiger partial charge >= 0.3 is 0 Å². The van der Waals surface area contributed by atoms with Crippen LogP contribution in [0.25, 0.3) is 28.2 Å². The first-order valence-corrected chi connectivity index (χ1v) is 12.6. The summed E-state index contributed by atoms with van der Waals surface area (Å²) in [7, 11) is 0. The largest absolute Gasteiger partial charge is 0.454 e. The maximum atomic E-state index is 5.78. The monoisotopic (exact) mass is 548 g/mol. The van der Waals surface area contributed by atoms with Crippen molar-refractivity contribution in [3.63, 3.8) is 0 Å². The third-order valence-corrected chi connectivity index (χ3v) is 7.14. The molecule has 4 N–H and O–H groups in total. The molecule has 0 spiro atoms. The molecule has 0 bridgehead atoms. The zero-order valence-corrected chi connectivity index (χ0v) is 21.3. The third kappa shape index (κ3) is 3.83. The van der Waals surface area contributed by atoms with Crippen LogP contribution < -0.4 is 19.9 Å². The first-order chi connectivity index (χ1) is 17.0. The Balaban J connectivity index is 1.42. The summed E-state index contributed by atoms with van der Waals surface area (Å²) in [5.74, 6) is 2.21. The molecule has 6 rings (SSSR count). The molecule has 1 aliphatic rings. The predicted octanol–water partition coefficient (Wildman–Crippen LogP) is 6.23. The zero-order valence-electron chi connectivity index (χ0n) is 18.9. The highest BCUT2D eigenvalue weighted by Gasteiger charge is 2.19. The molecule has 3 aromatic heterocycles. The molecular weight excluding hydrogens is 528 g/mol. The van der Waals surface area contributed by atoms with Crippen LogP contribution in [0.15, 0.2) is 64.1 Å². The number of halogens is 1. The van der Waals surface area contributed by atoms with E-state index in [4.69, 9.17) is 19.6 Å². The van der Waals surface area contributed by atoms with Crippen LogP contribution in [0.4, 0.5) is 11.4 Å². The van der Waals surface area contributed by atoms with Gasteiger partial charge in [-0.25, -0.2) is 9.97 Å². The number of rotatable bonds is 5. The molecule has 0 saturated carbocycles. The second kappa shape index (κ2) is 8.63. The number of anilines is 2. The maximum absolute atomic E-state index is 5.78. The van der Waals surface area contributed by atoms with Gasteiger partial charge in [0.15, 0.2) is 17.1 Å². The number of H-pyrrole nitrogens is 1. The Labute approximate surface area is 214 Å². The third-order valence-electron chi connectivity index (χ3n) is 6.01. The zero-order chi connectivity index (χ0) is 24.1. The van der Waals surface area contributed by atoms with Gasteiger partial charge in [-0.05, 0) is 78.1 Å². The summed E-state index contributed by atoms with van der Waals surface area (Å²) in [5, 5.41) is 9.25. The molecule has 8 nitrogen and oxygen atoms in total. The average Bonchev–Trinajstić information content (AvgIpc) is 3.57. The SMILES string of the molecule is Cc1cc(-c2nc3ncc(Br)c(Nc4ccc5c(c4)OCO5)c3[nH]2)c(C)n1-c1cccc(SN)c1. The van der Waals surface area contributed by atoms with Crippen molar-refractivity contribution in [3.8, 4) is 28.6 Å².